The molecule has 10 heteroatoms. The van der Waals surface area contributed by atoms with Crippen molar-refractivity contribution in [1.82, 2.24) is 4.98 Å². The smallest absolute Gasteiger partial charge is 0.457 e. The van der Waals surface area contributed by atoms with Crippen LogP contribution in [-0.4, -0.2) is 43.9 Å². The number of rotatable bonds is 1. The number of aromatic nitrogens is 1. The van der Waals surface area contributed by atoms with Crippen molar-refractivity contribution < 1.29 is 30.1 Å². The quantitative estimate of drug-likeness (QED) is 0.445. The Balaban J connectivity index is 0. The van der Waals surface area contributed by atoms with Gasteiger partial charge in [0.2, 0.25) is 0 Å². The summed E-state index contributed by atoms with van der Waals surface area (Å²) in [6.07, 6.45) is 3.37. The first-order valence-corrected chi connectivity index (χ1v) is 3.46. The standard InChI is InChI=1S/C5H4B3NO3.3H2O/c1-2-5(4-9-3-1)8-11-6-10-7-12-8;;;/h1-4H;3*1H2. The van der Waals surface area contributed by atoms with Gasteiger partial charge in [0.25, 0.3) is 0 Å². The van der Waals surface area contributed by atoms with E-state index >= 15 is 0 Å². The van der Waals surface area contributed by atoms with E-state index in [0.29, 0.717) is 0 Å². The van der Waals surface area contributed by atoms with Crippen molar-refractivity contribution in [3.63, 3.8) is 0 Å². The summed E-state index contributed by atoms with van der Waals surface area (Å²) in [5.41, 5.74) is 0.855. The Morgan fingerprint density at radius 3 is 2.33 bits per heavy atom. The zero-order chi connectivity index (χ0) is 8.23. The summed E-state index contributed by atoms with van der Waals surface area (Å²) in [6, 6.07) is 3.68. The Hall–Kier alpha value is -0.895. The Morgan fingerprint density at radius 2 is 1.80 bits per heavy atom. The molecule has 0 bridgehead atoms. The predicted octanol–water partition coefficient (Wildman–Crippen LogP) is -3.57. The van der Waals surface area contributed by atoms with Crippen LogP contribution in [0.5, 0.6) is 0 Å². The minimum atomic E-state index is -0.438. The van der Waals surface area contributed by atoms with Gasteiger partial charge < -0.3 is 30.1 Å². The van der Waals surface area contributed by atoms with Gasteiger partial charge in [0, 0.05) is 12.4 Å². The van der Waals surface area contributed by atoms with Crippen molar-refractivity contribution in [2.75, 3.05) is 0 Å². The minimum absolute atomic E-state index is 0. The Kier molecular flexibility index (Phi) is 9.28. The molecule has 1 aliphatic heterocycles. The van der Waals surface area contributed by atoms with E-state index in [2.05, 4.69) is 9.56 Å². The molecule has 2 radical (unpaired) electrons. The van der Waals surface area contributed by atoms with E-state index in [-0.39, 0.29) is 16.4 Å². The maximum atomic E-state index is 5.02. The maximum absolute atomic E-state index is 5.02. The molecular weight excluding hydrogens is 202 g/mol. The van der Waals surface area contributed by atoms with E-state index in [0.717, 1.165) is 5.46 Å². The third-order valence-corrected chi connectivity index (χ3v) is 1.43. The maximum Gasteiger partial charge on any atom is 0.467 e. The van der Waals surface area contributed by atoms with Gasteiger partial charge in [-0.1, -0.05) is 6.07 Å². The average molecular weight is 213 g/mol. The van der Waals surface area contributed by atoms with Crippen LogP contribution in [0.2, 0.25) is 0 Å². The first kappa shape index (κ1) is 16.5. The lowest BCUT2D eigenvalue weighted by Gasteiger charge is -2.17. The summed E-state index contributed by atoms with van der Waals surface area (Å²) in [4.78, 5) is 3.93. The lowest BCUT2D eigenvalue weighted by atomic mass is 9.76. The van der Waals surface area contributed by atoms with E-state index < -0.39 is 7.12 Å². The Labute approximate surface area is 88.4 Å². The van der Waals surface area contributed by atoms with Gasteiger partial charge in [-0.05, 0) is 11.5 Å². The molecule has 1 saturated heterocycles. The summed E-state index contributed by atoms with van der Waals surface area (Å²) < 4.78 is 14.7. The van der Waals surface area contributed by atoms with Crippen LogP contribution >= 0.6 is 0 Å². The number of hydrogen-bond acceptors (Lipinski definition) is 4. The summed E-state index contributed by atoms with van der Waals surface area (Å²) in [7, 11) is 2.01. The summed E-state index contributed by atoms with van der Waals surface area (Å²) in [6.45, 7) is 0. The normalized spacial score (nSPS) is 13.2. The van der Waals surface area contributed by atoms with Crippen LogP contribution < -0.4 is 5.46 Å². The lowest BCUT2D eigenvalue weighted by molar-refractivity contribution is 0.333. The van der Waals surface area contributed by atoms with Gasteiger partial charge in [-0.25, -0.2) is 0 Å². The second kappa shape index (κ2) is 8.42. The minimum Gasteiger partial charge on any atom is -0.457 e. The van der Waals surface area contributed by atoms with Crippen molar-refractivity contribution in [3.05, 3.63) is 24.5 Å². The van der Waals surface area contributed by atoms with Crippen molar-refractivity contribution in [3.8, 4) is 0 Å². The topological polar surface area (TPSA) is 135 Å². The second-order valence-electron chi connectivity index (χ2n) is 2.22. The first-order valence-electron chi connectivity index (χ1n) is 3.46. The summed E-state index contributed by atoms with van der Waals surface area (Å²) in [5.74, 6) is 0. The van der Waals surface area contributed by atoms with Crippen LogP contribution in [0.25, 0.3) is 0 Å². The predicted molar refractivity (Wildman–Crippen MR) is 55.2 cm³/mol. The summed E-state index contributed by atoms with van der Waals surface area (Å²) in [5, 5.41) is 0. The molecule has 1 aliphatic rings. The SMILES string of the molecule is O.O.O.[B]1O[B]OB(c2cccnc2)O1. The van der Waals surface area contributed by atoms with Gasteiger partial charge >= 0.3 is 22.5 Å². The van der Waals surface area contributed by atoms with E-state index in [9.17, 15) is 0 Å². The second-order valence-corrected chi connectivity index (χ2v) is 2.22. The van der Waals surface area contributed by atoms with E-state index in [1.165, 1.54) is 15.4 Å². The third-order valence-electron chi connectivity index (χ3n) is 1.43. The van der Waals surface area contributed by atoms with E-state index in [4.69, 9.17) is 9.14 Å². The molecule has 1 fully saturated rings. The van der Waals surface area contributed by atoms with Crippen molar-refractivity contribution in [2.45, 2.75) is 0 Å². The van der Waals surface area contributed by atoms with Gasteiger partial charge in [-0.3, -0.25) is 4.98 Å². The Morgan fingerprint density at radius 1 is 1.13 bits per heavy atom. The fraction of sp³-hybridized carbons (Fsp3) is 0. The van der Waals surface area contributed by atoms with Gasteiger partial charge in [0.15, 0.2) is 0 Å². The zero-order valence-electron chi connectivity index (χ0n) is 7.71. The van der Waals surface area contributed by atoms with Crippen LogP contribution in [-0.2, 0) is 13.7 Å². The van der Waals surface area contributed by atoms with Crippen molar-refractivity contribution >= 4 is 28.0 Å². The van der Waals surface area contributed by atoms with Crippen LogP contribution in [0.3, 0.4) is 0 Å². The van der Waals surface area contributed by atoms with Gasteiger partial charge in [0.05, 0.1) is 0 Å². The monoisotopic (exact) mass is 213 g/mol. The zero-order valence-corrected chi connectivity index (χ0v) is 7.71. The first-order chi connectivity index (χ1) is 5.97. The fourth-order valence-corrected chi connectivity index (χ4v) is 0.892. The average Bonchev–Trinajstić information content (AvgIpc) is 2.21. The van der Waals surface area contributed by atoms with Crippen molar-refractivity contribution in [2.24, 2.45) is 0 Å². The van der Waals surface area contributed by atoms with Gasteiger partial charge in [-0.15, -0.1) is 0 Å². The lowest BCUT2D eigenvalue weighted by Crippen LogP contribution is -2.44. The molecule has 2 rings (SSSR count). The highest BCUT2D eigenvalue weighted by Gasteiger charge is 2.26. The Bertz CT molecular complexity index is 246. The molecule has 7 nitrogen and oxygen atoms in total. The molecule has 1 aromatic rings. The van der Waals surface area contributed by atoms with E-state index in [1.54, 1.807) is 12.4 Å². The molecule has 0 amide bonds. The molecule has 0 aromatic carbocycles. The number of hydrogen-bond donors (Lipinski definition) is 0. The number of pyridine rings is 1. The van der Waals surface area contributed by atoms with Crippen molar-refractivity contribution in [1.29, 1.82) is 0 Å². The molecule has 2 heterocycles. The molecule has 0 atom stereocenters. The highest BCUT2D eigenvalue weighted by molar-refractivity contribution is 6.71. The highest BCUT2D eigenvalue weighted by atomic mass is 16.7. The molecule has 0 aliphatic carbocycles. The third kappa shape index (κ3) is 4.43. The summed E-state index contributed by atoms with van der Waals surface area (Å²) >= 11 is 0. The largest absolute Gasteiger partial charge is 0.467 e. The highest BCUT2D eigenvalue weighted by Crippen LogP contribution is 1.94. The molecule has 0 saturated carbocycles. The van der Waals surface area contributed by atoms with Crippen LogP contribution in [0, 0.1) is 0 Å². The van der Waals surface area contributed by atoms with Crippen LogP contribution in [0.4, 0.5) is 0 Å². The van der Waals surface area contributed by atoms with E-state index in [1.807, 2.05) is 12.1 Å². The van der Waals surface area contributed by atoms with Crippen LogP contribution in [0.1, 0.15) is 0 Å². The molecule has 6 N–H and O–H groups in total. The molecule has 15 heavy (non-hydrogen) atoms. The fourth-order valence-electron chi connectivity index (χ4n) is 0.892. The molecular formula is C5H10B3NO6. The molecule has 1 aromatic heterocycles. The number of nitrogens with zero attached hydrogens (tertiary/aromatic N) is 1. The van der Waals surface area contributed by atoms with Crippen LogP contribution in [0.15, 0.2) is 24.5 Å². The van der Waals surface area contributed by atoms with Gasteiger partial charge in [0.1, 0.15) is 0 Å². The molecule has 80 valence electrons. The molecule has 0 spiro atoms. The molecule has 0 unspecified atom stereocenters. The van der Waals surface area contributed by atoms with Gasteiger partial charge in [-0.2, -0.15) is 0 Å².